The molecule has 0 aliphatic carbocycles. The van der Waals surface area contributed by atoms with Gasteiger partial charge in [0.05, 0.1) is 13.4 Å². The second-order valence-electron chi connectivity index (χ2n) is 6.34. The van der Waals surface area contributed by atoms with Crippen molar-refractivity contribution in [1.82, 2.24) is 5.32 Å². The van der Waals surface area contributed by atoms with Crippen LogP contribution < -0.4 is 10.1 Å². The summed E-state index contributed by atoms with van der Waals surface area (Å²) in [7, 11) is 1.55. The monoisotopic (exact) mass is 359 g/mol. The molecular formula is C20H25NO5. The molecule has 0 radical (unpaired) electrons. The molecule has 0 aliphatic heterocycles. The smallest absolute Gasteiger partial charge is 0.326 e. The molecule has 1 unspecified atom stereocenters. The predicted molar refractivity (Wildman–Crippen MR) is 100 cm³/mol. The van der Waals surface area contributed by atoms with Crippen LogP contribution in [0.25, 0.3) is 16.5 Å². The van der Waals surface area contributed by atoms with Crippen LogP contribution in [0.3, 0.4) is 0 Å². The molecule has 0 saturated carbocycles. The highest BCUT2D eigenvalue weighted by Gasteiger charge is 2.19. The Morgan fingerprint density at radius 1 is 1.38 bits per heavy atom. The molecule has 140 valence electrons. The van der Waals surface area contributed by atoms with Gasteiger partial charge in [-0.3, -0.25) is 4.79 Å². The molecule has 0 aliphatic rings. The number of rotatable bonds is 8. The first-order valence-corrected chi connectivity index (χ1v) is 8.65. The first kappa shape index (κ1) is 19.6. The normalized spacial score (nSPS) is 12.8. The van der Waals surface area contributed by atoms with Gasteiger partial charge in [0.2, 0.25) is 5.91 Å². The lowest BCUT2D eigenvalue weighted by atomic mass is 10.0. The number of carbonyl (C=O) groups is 2. The van der Waals surface area contributed by atoms with E-state index in [2.05, 4.69) is 5.32 Å². The number of furan rings is 1. The fourth-order valence-corrected chi connectivity index (χ4v) is 2.81. The molecule has 1 amide bonds. The van der Waals surface area contributed by atoms with Gasteiger partial charge in [0.25, 0.3) is 0 Å². The second-order valence-corrected chi connectivity index (χ2v) is 6.34. The molecular weight excluding hydrogens is 334 g/mol. The number of carboxylic acid groups (broad SMARTS) is 1. The Balaban J connectivity index is 2.27. The number of methoxy groups -OCH3 is 1. The number of fused-ring (bicyclic) bond motifs is 1. The van der Waals surface area contributed by atoms with Crippen LogP contribution in [0.15, 0.2) is 28.9 Å². The SMILES string of the molecule is CCCCC(NC(=O)/C=C(\C)c1cc2c(C)coc2cc1OC)C(=O)O. The second kappa shape index (κ2) is 8.56. The Bertz CT molecular complexity index is 834. The van der Waals surface area contributed by atoms with Crippen molar-refractivity contribution >= 4 is 28.4 Å². The molecule has 6 nitrogen and oxygen atoms in total. The molecule has 26 heavy (non-hydrogen) atoms. The molecule has 1 aromatic heterocycles. The number of carboxylic acids is 1. The predicted octanol–water partition coefficient (Wildman–Crippen LogP) is 3.91. The summed E-state index contributed by atoms with van der Waals surface area (Å²) in [4.78, 5) is 23.6. The zero-order valence-electron chi connectivity index (χ0n) is 15.6. The molecule has 2 aromatic rings. The number of aryl methyl sites for hydroxylation is 1. The average molecular weight is 359 g/mol. The van der Waals surface area contributed by atoms with Gasteiger partial charge in [-0.2, -0.15) is 0 Å². The first-order valence-electron chi connectivity index (χ1n) is 8.65. The van der Waals surface area contributed by atoms with Crippen molar-refractivity contribution in [3.05, 3.63) is 35.6 Å². The molecule has 0 saturated heterocycles. The van der Waals surface area contributed by atoms with Gasteiger partial charge in [0, 0.05) is 23.1 Å². The average Bonchev–Trinajstić information content (AvgIpc) is 2.97. The molecule has 6 heteroatoms. The van der Waals surface area contributed by atoms with Crippen LogP contribution in [0, 0.1) is 6.92 Å². The molecule has 1 aromatic carbocycles. The van der Waals surface area contributed by atoms with Crippen molar-refractivity contribution in [2.24, 2.45) is 0 Å². The van der Waals surface area contributed by atoms with Crippen molar-refractivity contribution < 1.29 is 23.8 Å². The highest BCUT2D eigenvalue weighted by Crippen LogP contribution is 2.33. The third-order valence-corrected chi connectivity index (χ3v) is 4.32. The Labute approximate surface area is 152 Å². The summed E-state index contributed by atoms with van der Waals surface area (Å²) in [5, 5.41) is 12.7. The number of hydrogen-bond acceptors (Lipinski definition) is 4. The number of nitrogens with one attached hydrogen (secondary N) is 1. The van der Waals surface area contributed by atoms with E-state index in [1.807, 2.05) is 19.9 Å². The summed E-state index contributed by atoms with van der Waals surface area (Å²) in [6.07, 6.45) is 5.10. The number of allylic oxidation sites excluding steroid dienone is 1. The number of unbranched alkanes of at least 4 members (excludes halogenated alkanes) is 1. The maximum absolute atomic E-state index is 12.3. The Kier molecular flexibility index (Phi) is 6.44. The van der Waals surface area contributed by atoms with Crippen molar-refractivity contribution in [3.63, 3.8) is 0 Å². The van der Waals surface area contributed by atoms with E-state index in [9.17, 15) is 14.7 Å². The highest BCUT2D eigenvalue weighted by molar-refractivity contribution is 5.98. The van der Waals surface area contributed by atoms with Crippen molar-refractivity contribution in [2.45, 2.75) is 46.1 Å². The lowest BCUT2D eigenvalue weighted by Gasteiger charge is -2.13. The van der Waals surface area contributed by atoms with Gasteiger partial charge < -0.3 is 19.6 Å². The van der Waals surface area contributed by atoms with Crippen LogP contribution in [0.5, 0.6) is 5.75 Å². The van der Waals surface area contributed by atoms with Crippen molar-refractivity contribution in [3.8, 4) is 5.75 Å². The van der Waals surface area contributed by atoms with Crippen LogP contribution >= 0.6 is 0 Å². The standard InChI is InChI=1S/C20H25NO5/c1-5-6-7-16(20(23)24)21-19(22)8-12(2)14-9-15-13(3)11-26-18(15)10-17(14)25-4/h8-11,16H,5-7H2,1-4H3,(H,21,22)(H,23,24)/b12-8+. The van der Waals surface area contributed by atoms with Crippen LogP contribution in [-0.2, 0) is 9.59 Å². The number of ether oxygens (including phenoxy) is 1. The summed E-state index contributed by atoms with van der Waals surface area (Å²) >= 11 is 0. The maximum Gasteiger partial charge on any atom is 0.326 e. The maximum atomic E-state index is 12.3. The fraction of sp³-hybridized carbons (Fsp3) is 0.400. The van der Waals surface area contributed by atoms with E-state index in [-0.39, 0.29) is 0 Å². The van der Waals surface area contributed by atoms with Gasteiger partial charge in [-0.1, -0.05) is 19.8 Å². The quantitative estimate of drug-likeness (QED) is 0.698. The molecule has 0 bridgehead atoms. The van der Waals surface area contributed by atoms with Gasteiger partial charge in [0.15, 0.2) is 0 Å². The van der Waals surface area contributed by atoms with E-state index < -0.39 is 17.9 Å². The lowest BCUT2D eigenvalue weighted by Crippen LogP contribution is -2.40. The van der Waals surface area contributed by atoms with Crippen molar-refractivity contribution in [2.75, 3.05) is 7.11 Å². The Morgan fingerprint density at radius 2 is 2.12 bits per heavy atom. The Morgan fingerprint density at radius 3 is 2.73 bits per heavy atom. The molecule has 1 atom stereocenters. The minimum absolute atomic E-state index is 0.411. The lowest BCUT2D eigenvalue weighted by molar-refractivity contribution is -0.141. The third-order valence-electron chi connectivity index (χ3n) is 4.32. The minimum atomic E-state index is -1.02. The summed E-state index contributed by atoms with van der Waals surface area (Å²) in [5.74, 6) is -0.864. The molecule has 0 spiro atoms. The summed E-state index contributed by atoms with van der Waals surface area (Å²) in [5.41, 5.74) is 3.15. The first-order chi connectivity index (χ1) is 12.4. The number of aliphatic carboxylic acids is 1. The van der Waals surface area contributed by atoms with E-state index in [4.69, 9.17) is 9.15 Å². The van der Waals surface area contributed by atoms with E-state index in [0.717, 1.165) is 29.4 Å². The highest BCUT2D eigenvalue weighted by atomic mass is 16.5. The van der Waals surface area contributed by atoms with Crippen molar-refractivity contribution in [1.29, 1.82) is 0 Å². The van der Waals surface area contributed by atoms with Gasteiger partial charge in [-0.05, 0) is 37.5 Å². The van der Waals surface area contributed by atoms with E-state index in [1.54, 1.807) is 26.4 Å². The van der Waals surface area contributed by atoms with E-state index >= 15 is 0 Å². The number of benzene rings is 1. The van der Waals surface area contributed by atoms with Gasteiger partial charge >= 0.3 is 5.97 Å². The van der Waals surface area contributed by atoms with Gasteiger partial charge in [-0.15, -0.1) is 0 Å². The molecule has 2 rings (SSSR count). The van der Waals surface area contributed by atoms with E-state index in [1.165, 1.54) is 6.08 Å². The van der Waals surface area contributed by atoms with Crippen LogP contribution in [0.2, 0.25) is 0 Å². The summed E-state index contributed by atoms with van der Waals surface area (Å²) < 4.78 is 10.9. The topological polar surface area (TPSA) is 88.8 Å². The number of amides is 1. The van der Waals surface area contributed by atoms with Gasteiger partial charge in [-0.25, -0.2) is 4.79 Å². The summed E-state index contributed by atoms with van der Waals surface area (Å²) in [6, 6.07) is 2.82. The zero-order chi connectivity index (χ0) is 19.3. The molecule has 0 fully saturated rings. The number of hydrogen-bond donors (Lipinski definition) is 2. The summed E-state index contributed by atoms with van der Waals surface area (Å²) in [6.45, 7) is 5.71. The largest absolute Gasteiger partial charge is 0.496 e. The minimum Gasteiger partial charge on any atom is -0.496 e. The Hall–Kier alpha value is -2.76. The van der Waals surface area contributed by atoms with Gasteiger partial charge in [0.1, 0.15) is 17.4 Å². The fourth-order valence-electron chi connectivity index (χ4n) is 2.81. The molecule has 1 heterocycles. The van der Waals surface area contributed by atoms with Crippen LogP contribution in [0.4, 0.5) is 0 Å². The third kappa shape index (κ3) is 4.45. The van der Waals surface area contributed by atoms with E-state index in [0.29, 0.717) is 23.3 Å². The number of carbonyl (C=O) groups excluding carboxylic acids is 1. The van der Waals surface area contributed by atoms with Crippen LogP contribution in [-0.4, -0.2) is 30.1 Å². The molecule has 2 N–H and O–H groups in total. The van der Waals surface area contributed by atoms with Crippen LogP contribution in [0.1, 0.15) is 44.2 Å². The zero-order valence-corrected chi connectivity index (χ0v) is 15.6.